The van der Waals surface area contributed by atoms with Gasteiger partial charge in [-0.1, -0.05) is 13.3 Å². The van der Waals surface area contributed by atoms with Gasteiger partial charge in [0.15, 0.2) is 0 Å². The van der Waals surface area contributed by atoms with Crippen molar-refractivity contribution in [3.63, 3.8) is 0 Å². The number of piperidine rings is 1. The van der Waals surface area contributed by atoms with Crippen molar-refractivity contribution in [3.8, 4) is 0 Å². The Kier molecular flexibility index (Phi) is 5.60. The van der Waals surface area contributed by atoms with E-state index in [0.717, 1.165) is 18.9 Å². The number of nitrogens with two attached hydrogens (primary N) is 1. The number of rotatable bonds is 4. The molecule has 1 aliphatic rings. The number of likely N-dealkylation sites (tertiary alicyclic amines) is 1. The number of hydrogen-bond donors (Lipinski definition) is 2. The largest absolute Gasteiger partial charge is 0.350 e. The van der Waals surface area contributed by atoms with Crippen molar-refractivity contribution in [3.05, 3.63) is 0 Å². The Hall–Kier alpha value is -0.610. The maximum absolute atomic E-state index is 11.9. The SMILES string of the molecule is CCC1CCN(CC(=O)NC(C)(C)C)C(CN)C1. The average molecular weight is 255 g/mol. The van der Waals surface area contributed by atoms with Gasteiger partial charge in [-0.15, -0.1) is 0 Å². The van der Waals surface area contributed by atoms with Gasteiger partial charge in [-0.25, -0.2) is 0 Å². The maximum atomic E-state index is 11.9. The van der Waals surface area contributed by atoms with Crippen LogP contribution in [0.5, 0.6) is 0 Å². The van der Waals surface area contributed by atoms with Gasteiger partial charge in [-0.3, -0.25) is 9.69 Å². The van der Waals surface area contributed by atoms with E-state index in [1.54, 1.807) is 0 Å². The van der Waals surface area contributed by atoms with Crippen molar-refractivity contribution >= 4 is 5.91 Å². The molecule has 1 heterocycles. The van der Waals surface area contributed by atoms with Gasteiger partial charge in [-0.05, 0) is 46.1 Å². The Morgan fingerprint density at radius 2 is 2.11 bits per heavy atom. The highest BCUT2D eigenvalue weighted by Gasteiger charge is 2.28. The number of carbonyl (C=O) groups is 1. The van der Waals surface area contributed by atoms with Crippen LogP contribution in [0.1, 0.15) is 47.0 Å². The van der Waals surface area contributed by atoms with E-state index in [9.17, 15) is 4.79 Å². The standard InChI is InChI=1S/C14H29N3O/c1-5-11-6-7-17(12(8-11)9-15)10-13(18)16-14(2,3)4/h11-12H,5-10,15H2,1-4H3,(H,16,18). The predicted octanol–water partition coefficient (Wildman–Crippen LogP) is 1.35. The molecule has 106 valence electrons. The minimum atomic E-state index is -0.156. The molecule has 1 amide bonds. The first-order valence-corrected chi connectivity index (χ1v) is 7.10. The van der Waals surface area contributed by atoms with Crippen molar-refractivity contribution in [1.82, 2.24) is 10.2 Å². The second kappa shape index (κ2) is 6.53. The summed E-state index contributed by atoms with van der Waals surface area (Å²) in [6.45, 7) is 10.4. The lowest BCUT2D eigenvalue weighted by Gasteiger charge is -2.38. The third-order valence-corrected chi connectivity index (χ3v) is 3.66. The van der Waals surface area contributed by atoms with E-state index in [1.165, 1.54) is 12.8 Å². The normalized spacial score (nSPS) is 26.1. The molecule has 1 fully saturated rings. The number of hydrogen-bond acceptors (Lipinski definition) is 3. The Morgan fingerprint density at radius 3 is 2.61 bits per heavy atom. The molecule has 1 rings (SSSR count). The summed E-state index contributed by atoms with van der Waals surface area (Å²) in [7, 11) is 0. The molecule has 3 N–H and O–H groups in total. The Bertz CT molecular complexity index is 273. The molecular weight excluding hydrogens is 226 g/mol. The van der Waals surface area contributed by atoms with Gasteiger partial charge in [0, 0.05) is 18.1 Å². The van der Waals surface area contributed by atoms with Crippen LogP contribution in [-0.4, -0.2) is 42.0 Å². The minimum Gasteiger partial charge on any atom is -0.350 e. The molecular formula is C14H29N3O. The zero-order valence-corrected chi connectivity index (χ0v) is 12.3. The molecule has 2 unspecified atom stereocenters. The zero-order valence-electron chi connectivity index (χ0n) is 12.3. The molecule has 0 bridgehead atoms. The van der Waals surface area contributed by atoms with E-state index in [2.05, 4.69) is 17.1 Å². The fourth-order valence-corrected chi connectivity index (χ4v) is 2.65. The molecule has 2 atom stereocenters. The number of nitrogens with one attached hydrogen (secondary N) is 1. The maximum Gasteiger partial charge on any atom is 0.234 e. The quantitative estimate of drug-likeness (QED) is 0.797. The fraction of sp³-hybridized carbons (Fsp3) is 0.929. The first kappa shape index (κ1) is 15.4. The van der Waals surface area contributed by atoms with Crippen molar-refractivity contribution in [2.24, 2.45) is 11.7 Å². The molecule has 1 aliphatic heterocycles. The van der Waals surface area contributed by atoms with Crippen LogP contribution >= 0.6 is 0 Å². The lowest BCUT2D eigenvalue weighted by atomic mass is 9.89. The van der Waals surface area contributed by atoms with Crippen LogP contribution in [0.3, 0.4) is 0 Å². The van der Waals surface area contributed by atoms with Crippen molar-refractivity contribution in [2.45, 2.75) is 58.5 Å². The molecule has 4 heteroatoms. The Morgan fingerprint density at radius 1 is 1.44 bits per heavy atom. The Balaban J connectivity index is 2.48. The minimum absolute atomic E-state index is 0.107. The lowest BCUT2D eigenvalue weighted by Crippen LogP contribution is -2.52. The highest BCUT2D eigenvalue weighted by Crippen LogP contribution is 2.24. The van der Waals surface area contributed by atoms with Crippen LogP contribution in [-0.2, 0) is 4.79 Å². The van der Waals surface area contributed by atoms with Crippen LogP contribution in [0.4, 0.5) is 0 Å². The van der Waals surface area contributed by atoms with Gasteiger partial charge in [0.25, 0.3) is 0 Å². The lowest BCUT2D eigenvalue weighted by molar-refractivity contribution is -0.124. The molecule has 0 aromatic rings. The monoisotopic (exact) mass is 255 g/mol. The van der Waals surface area contributed by atoms with Gasteiger partial charge in [-0.2, -0.15) is 0 Å². The highest BCUT2D eigenvalue weighted by atomic mass is 16.2. The van der Waals surface area contributed by atoms with Gasteiger partial charge in [0.2, 0.25) is 5.91 Å². The van der Waals surface area contributed by atoms with E-state index in [-0.39, 0.29) is 11.4 Å². The van der Waals surface area contributed by atoms with Crippen LogP contribution < -0.4 is 11.1 Å². The molecule has 0 aromatic heterocycles. The number of amides is 1. The first-order chi connectivity index (χ1) is 8.35. The third kappa shape index (κ3) is 4.94. The number of carbonyl (C=O) groups excluding carboxylic acids is 1. The third-order valence-electron chi connectivity index (χ3n) is 3.66. The molecule has 1 saturated heterocycles. The van der Waals surface area contributed by atoms with Gasteiger partial charge < -0.3 is 11.1 Å². The van der Waals surface area contributed by atoms with Crippen molar-refractivity contribution in [2.75, 3.05) is 19.6 Å². The topological polar surface area (TPSA) is 58.4 Å². The van der Waals surface area contributed by atoms with Crippen molar-refractivity contribution < 1.29 is 4.79 Å². The van der Waals surface area contributed by atoms with E-state index in [0.29, 0.717) is 19.1 Å². The summed E-state index contributed by atoms with van der Waals surface area (Å²) in [5.74, 6) is 0.886. The Labute approximate surface area is 111 Å². The summed E-state index contributed by atoms with van der Waals surface area (Å²) >= 11 is 0. The summed E-state index contributed by atoms with van der Waals surface area (Å²) < 4.78 is 0. The summed E-state index contributed by atoms with van der Waals surface area (Å²) in [5, 5.41) is 3.01. The molecule has 0 spiro atoms. The van der Waals surface area contributed by atoms with Crippen molar-refractivity contribution in [1.29, 1.82) is 0 Å². The summed E-state index contributed by atoms with van der Waals surface area (Å²) in [6, 6.07) is 0.370. The van der Waals surface area contributed by atoms with Crippen LogP contribution in [0.15, 0.2) is 0 Å². The second-order valence-corrected chi connectivity index (χ2v) is 6.46. The predicted molar refractivity (Wildman–Crippen MR) is 75.3 cm³/mol. The van der Waals surface area contributed by atoms with Gasteiger partial charge in [0.1, 0.15) is 0 Å². The fourth-order valence-electron chi connectivity index (χ4n) is 2.65. The summed E-state index contributed by atoms with van der Waals surface area (Å²) in [4.78, 5) is 14.2. The molecule has 18 heavy (non-hydrogen) atoms. The molecule has 0 aromatic carbocycles. The number of nitrogens with zero attached hydrogens (tertiary/aromatic N) is 1. The first-order valence-electron chi connectivity index (χ1n) is 7.10. The van der Waals surface area contributed by atoms with E-state index < -0.39 is 0 Å². The van der Waals surface area contributed by atoms with Crippen LogP contribution in [0.25, 0.3) is 0 Å². The summed E-state index contributed by atoms with van der Waals surface area (Å²) in [6.07, 6.45) is 3.55. The molecule has 4 nitrogen and oxygen atoms in total. The van der Waals surface area contributed by atoms with Crippen LogP contribution in [0, 0.1) is 5.92 Å². The summed E-state index contributed by atoms with van der Waals surface area (Å²) in [5.41, 5.74) is 5.68. The van der Waals surface area contributed by atoms with E-state index in [1.807, 2.05) is 20.8 Å². The van der Waals surface area contributed by atoms with E-state index in [4.69, 9.17) is 5.73 Å². The van der Waals surface area contributed by atoms with Gasteiger partial charge in [0.05, 0.1) is 6.54 Å². The average Bonchev–Trinajstić information content (AvgIpc) is 2.27. The van der Waals surface area contributed by atoms with Gasteiger partial charge >= 0.3 is 0 Å². The second-order valence-electron chi connectivity index (χ2n) is 6.46. The molecule has 0 radical (unpaired) electrons. The van der Waals surface area contributed by atoms with Crippen LogP contribution in [0.2, 0.25) is 0 Å². The highest BCUT2D eigenvalue weighted by molar-refractivity contribution is 5.78. The zero-order chi connectivity index (χ0) is 13.8. The molecule has 0 aliphatic carbocycles. The molecule has 0 saturated carbocycles. The van der Waals surface area contributed by atoms with E-state index >= 15 is 0 Å². The smallest absolute Gasteiger partial charge is 0.234 e.